The van der Waals surface area contributed by atoms with Crippen molar-refractivity contribution < 1.29 is 0 Å². The van der Waals surface area contributed by atoms with Crippen molar-refractivity contribution in [2.75, 3.05) is 6.54 Å². The predicted octanol–water partition coefficient (Wildman–Crippen LogP) is 0.469. The second-order valence-corrected chi connectivity index (χ2v) is 3.02. The SMILES string of the molecule is Cn1cnc2c(CCN)nccc21. The minimum Gasteiger partial charge on any atom is -0.334 e. The van der Waals surface area contributed by atoms with Crippen molar-refractivity contribution in [1.29, 1.82) is 0 Å². The molecule has 4 heteroatoms. The highest BCUT2D eigenvalue weighted by atomic mass is 15.0. The number of aromatic nitrogens is 3. The number of nitrogens with zero attached hydrogens (tertiary/aromatic N) is 3. The maximum atomic E-state index is 5.48. The van der Waals surface area contributed by atoms with Gasteiger partial charge in [-0.15, -0.1) is 0 Å². The molecule has 2 heterocycles. The summed E-state index contributed by atoms with van der Waals surface area (Å²) in [5.41, 5.74) is 8.55. The van der Waals surface area contributed by atoms with Gasteiger partial charge < -0.3 is 10.3 Å². The Kier molecular flexibility index (Phi) is 1.98. The average molecular weight is 176 g/mol. The van der Waals surface area contributed by atoms with E-state index in [9.17, 15) is 0 Å². The van der Waals surface area contributed by atoms with Gasteiger partial charge in [-0.3, -0.25) is 4.98 Å². The summed E-state index contributed by atoms with van der Waals surface area (Å²) in [7, 11) is 1.97. The number of fused-ring (bicyclic) bond motifs is 1. The van der Waals surface area contributed by atoms with E-state index in [-0.39, 0.29) is 0 Å². The van der Waals surface area contributed by atoms with Crippen LogP contribution < -0.4 is 5.73 Å². The fourth-order valence-electron chi connectivity index (χ4n) is 1.44. The zero-order chi connectivity index (χ0) is 9.26. The van der Waals surface area contributed by atoms with Gasteiger partial charge in [-0.05, 0) is 12.6 Å². The lowest BCUT2D eigenvalue weighted by atomic mass is 10.2. The molecule has 0 bridgehead atoms. The fourth-order valence-corrected chi connectivity index (χ4v) is 1.44. The molecule has 0 spiro atoms. The first-order valence-corrected chi connectivity index (χ1v) is 4.28. The third kappa shape index (κ3) is 1.29. The van der Waals surface area contributed by atoms with E-state index in [1.54, 1.807) is 12.5 Å². The van der Waals surface area contributed by atoms with Crippen LogP contribution in [0.3, 0.4) is 0 Å². The van der Waals surface area contributed by atoms with E-state index in [4.69, 9.17) is 5.73 Å². The molecule has 0 amide bonds. The van der Waals surface area contributed by atoms with Crippen molar-refractivity contribution in [2.45, 2.75) is 6.42 Å². The molecule has 2 aromatic heterocycles. The van der Waals surface area contributed by atoms with E-state index >= 15 is 0 Å². The Labute approximate surface area is 76.4 Å². The van der Waals surface area contributed by atoms with Gasteiger partial charge in [-0.1, -0.05) is 0 Å². The highest BCUT2D eigenvalue weighted by Crippen LogP contribution is 2.13. The number of imidazole rings is 1. The summed E-state index contributed by atoms with van der Waals surface area (Å²) in [6, 6.07) is 1.96. The van der Waals surface area contributed by atoms with Gasteiger partial charge in [0.25, 0.3) is 0 Å². The molecule has 0 saturated heterocycles. The zero-order valence-corrected chi connectivity index (χ0v) is 7.57. The first kappa shape index (κ1) is 8.19. The van der Waals surface area contributed by atoms with Crippen molar-refractivity contribution >= 4 is 11.0 Å². The Morgan fingerprint density at radius 2 is 2.31 bits per heavy atom. The monoisotopic (exact) mass is 176 g/mol. The van der Waals surface area contributed by atoms with Crippen LogP contribution in [0.15, 0.2) is 18.6 Å². The molecule has 0 aliphatic rings. The van der Waals surface area contributed by atoms with Crippen LogP contribution in [-0.2, 0) is 13.5 Å². The van der Waals surface area contributed by atoms with Gasteiger partial charge >= 0.3 is 0 Å². The molecule has 0 fully saturated rings. The largest absolute Gasteiger partial charge is 0.334 e. The number of rotatable bonds is 2. The second kappa shape index (κ2) is 3.14. The van der Waals surface area contributed by atoms with Crippen LogP contribution in [0.1, 0.15) is 5.69 Å². The van der Waals surface area contributed by atoms with Crippen LogP contribution in [0.4, 0.5) is 0 Å². The van der Waals surface area contributed by atoms with Crippen molar-refractivity contribution in [3.63, 3.8) is 0 Å². The summed E-state index contributed by atoms with van der Waals surface area (Å²) in [6.07, 6.45) is 4.38. The molecule has 0 saturated carbocycles. The van der Waals surface area contributed by atoms with Gasteiger partial charge in [0.2, 0.25) is 0 Å². The topological polar surface area (TPSA) is 56.7 Å². The molecule has 2 N–H and O–H groups in total. The number of pyridine rings is 1. The summed E-state index contributed by atoms with van der Waals surface area (Å²) in [5, 5.41) is 0. The van der Waals surface area contributed by atoms with E-state index < -0.39 is 0 Å². The molecule has 2 rings (SSSR count). The third-order valence-corrected chi connectivity index (χ3v) is 2.10. The molecule has 13 heavy (non-hydrogen) atoms. The maximum absolute atomic E-state index is 5.48. The van der Waals surface area contributed by atoms with Gasteiger partial charge in [0.05, 0.1) is 17.5 Å². The minimum absolute atomic E-state index is 0.614. The van der Waals surface area contributed by atoms with Gasteiger partial charge in [-0.2, -0.15) is 0 Å². The van der Waals surface area contributed by atoms with E-state index in [1.807, 2.05) is 17.7 Å². The van der Waals surface area contributed by atoms with Crippen LogP contribution in [0, 0.1) is 0 Å². The minimum atomic E-state index is 0.614. The summed E-state index contributed by atoms with van der Waals surface area (Å²) in [5.74, 6) is 0. The Bertz CT molecular complexity index is 418. The summed E-state index contributed by atoms with van der Waals surface area (Å²) >= 11 is 0. The summed E-state index contributed by atoms with van der Waals surface area (Å²) in [4.78, 5) is 8.54. The second-order valence-electron chi connectivity index (χ2n) is 3.02. The van der Waals surface area contributed by atoms with Crippen molar-refractivity contribution in [1.82, 2.24) is 14.5 Å². The standard InChI is InChI=1S/C9H12N4/c1-13-6-12-9-7(2-4-10)11-5-3-8(9)13/h3,5-6H,2,4,10H2,1H3. The van der Waals surface area contributed by atoms with Gasteiger partial charge in [0.15, 0.2) is 0 Å². The normalized spacial score (nSPS) is 10.9. The number of aryl methyl sites for hydroxylation is 1. The van der Waals surface area contributed by atoms with Crippen LogP contribution in [0.5, 0.6) is 0 Å². The Balaban J connectivity index is 2.63. The number of hydrogen-bond acceptors (Lipinski definition) is 3. The molecule has 0 radical (unpaired) electrons. The lowest BCUT2D eigenvalue weighted by molar-refractivity contribution is 0.930. The average Bonchev–Trinajstić information content (AvgIpc) is 2.50. The van der Waals surface area contributed by atoms with Crippen LogP contribution in [0.2, 0.25) is 0 Å². The molecule has 68 valence electrons. The van der Waals surface area contributed by atoms with E-state index in [2.05, 4.69) is 9.97 Å². The molecular weight excluding hydrogens is 164 g/mol. The Hall–Kier alpha value is -1.42. The lowest BCUT2D eigenvalue weighted by Gasteiger charge is -1.99. The Morgan fingerprint density at radius 3 is 3.08 bits per heavy atom. The van der Waals surface area contributed by atoms with Crippen LogP contribution >= 0.6 is 0 Å². The molecule has 0 unspecified atom stereocenters. The first-order valence-electron chi connectivity index (χ1n) is 4.28. The highest BCUT2D eigenvalue weighted by molar-refractivity contribution is 5.77. The molecule has 0 aromatic carbocycles. The first-order chi connectivity index (χ1) is 6.33. The van der Waals surface area contributed by atoms with Crippen molar-refractivity contribution in [3.05, 3.63) is 24.3 Å². The predicted molar refractivity (Wildman–Crippen MR) is 51.3 cm³/mol. The number of hydrogen-bond donors (Lipinski definition) is 1. The van der Waals surface area contributed by atoms with Crippen molar-refractivity contribution in [3.8, 4) is 0 Å². The highest BCUT2D eigenvalue weighted by Gasteiger charge is 2.04. The number of nitrogens with two attached hydrogens (primary N) is 1. The lowest BCUT2D eigenvalue weighted by Crippen LogP contribution is -2.04. The molecule has 0 aliphatic carbocycles. The molecule has 0 atom stereocenters. The fraction of sp³-hybridized carbons (Fsp3) is 0.333. The van der Waals surface area contributed by atoms with E-state index in [1.165, 1.54) is 0 Å². The van der Waals surface area contributed by atoms with Gasteiger partial charge in [-0.25, -0.2) is 4.98 Å². The Morgan fingerprint density at radius 1 is 1.46 bits per heavy atom. The van der Waals surface area contributed by atoms with E-state index in [0.29, 0.717) is 6.54 Å². The molecular formula is C9H12N4. The quantitative estimate of drug-likeness (QED) is 0.723. The zero-order valence-electron chi connectivity index (χ0n) is 7.57. The molecule has 2 aromatic rings. The molecule has 0 aliphatic heterocycles. The van der Waals surface area contributed by atoms with Gasteiger partial charge in [0.1, 0.15) is 5.52 Å². The van der Waals surface area contributed by atoms with Crippen molar-refractivity contribution in [2.24, 2.45) is 12.8 Å². The smallest absolute Gasteiger partial charge is 0.110 e. The van der Waals surface area contributed by atoms with E-state index in [0.717, 1.165) is 23.1 Å². The van der Waals surface area contributed by atoms with Gasteiger partial charge in [0, 0.05) is 19.7 Å². The van der Waals surface area contributed by atoms with Crippen LogP contribution in [-0.4, -0.2) is 21.1 Å². The third-order valence-electron chi connectivity index (χ3n) is 2.10. The molecule has 4 nitrogen and oxygen atoms in total. The maximum Gasteiger partial charge on any atom is 0.110 e. The summed E-state index contributed by atoms with van der Waals surface area (Å²) < 4.78 is 1.98. The summed E-state index contributed by atoms with van der Waals surface area (Å²) in [6.45, 7) is 0.614. The van der Waals surface area contributed by atoms with Crippen LogP contribution in [0.25, 0.3) is 11.0 Å².